The van der Waals surface area contributed by atoms with Gasteiger partial charge in [0.1, 0.15) is 0 Å². The number of anilines is 9. The maximum absolute atomic E-state index is 8.70. The van der Waals surface area contributed by atoms with Crippen LogP contribution >= 0.6 is 11.6 Å². The lowest BCUT2D eigenvalue weighted by Crippen LogP contribution is -2.34. The molecule has 0 bridgehead atoms. The summed E-state index contributed by atoms with van der Waals surface area (Å²) in [6.45, 7) is 40.5. The van der Waals surface area contributed by atoms with Gasteiger partial charge in [0, 0.05) is 33.5 Å². The number of benzene rings is 8. The molecule has 4 nitrogen and oxygen atoms in total. The van der Waals surface area contributed by atoms with Crippen molar-refractivity contribution in [2.75, 3.05) is 14.7 Å². The van der Waals surface area contributed by atoms with Gasteiger partial charge in [0.05, 0.1) is 50.2 Å². The Morgan fingerprint density at radius 1 is 0.370 bits per heavy atom. The first-order valence-electron chi connectivity index (χ1n) is 29.9. The van der Waals surface area contributed by atoms with Crippen LogP contribution in [0.5, 0.6) is 0 Å². The van der Waals surface area contributed by atoms with Crippen LogP contribution in [0.4, 0.5) is 51.2 Å². The van der Waals surface area contributed by atoms with Crippen molar-refractivity contribution in [3.05, 3.63) is 202 Å². The minimum Gasteiger partial charge on any atom is -0.310 e. The fourth-order valence-electron chi connectivity index (χ4n) is 13.7. The van der Waals surface area contributed by atoms with E-state index in [1.54, 1.807) is 0 Å². The molecule has 0 fully saturated rings. The number of rotatable bonds is 7. The monoisotopic (exact) mass is 1090 g/mol. The Kier molecular flexibility index (Phi) is 12.6. The van der Waals surface area contributed by atoms with Gasteiger partial charge in [-0.15, -0.1) is 0 Å². The van der Waals surface area contributed by atoms with E-state index in [0.717, 1.165) is 82.6 Å². The minimum absolute atomic E-state index is 0.0262. The van der Waals surface area contributed by atoms with Gasteiger partial charge in [-0.2, -0.15) is 0 Å². The number of aromatic nitrogens is 1. The molecule has 12 rings (SSSR count). The fourth-order valence-corrected chi connectivity index (χ4v) is 14.0. The van der Waals surface area contributed by atoms with Gasteiger partial charge in [-0.05, 0) is 200 Å². The second kappa shape index (κ2) is 18.6. The Hall–Kier alpha value is -6.75. The van der Waals surface area contributed by atoms with Crippen molar-refractivity contribution in [1.82, 2.24) is 4.57 Å². The van der Waals surface area contributed by atoms with Gasteiger partial charge in [0.25, 0.3) is 0 Å². The Morgan fingerprint density at radius 3 is 1.33 bits per heavy atom. The highest BCUT2D eigenvalue weighted by molar-refractivity contribution is 6.37. The molecule has 416 valence electrons. The third-order valence-electron chi connectivity index (χ3n) is 19.1. The minimum atomic E-state index is -0.169. The van der Waals surface area contributed by atoms with Crippen molar-refractivity contribution in [2.45, 2.75) is 181 Å². The van der Waals surface area contributed by atoms with Crippen LogP contribution in [0.2, 0.25) is 5.02 Å². The van der Waals surface area contributed by atoms with Crippen LogP contribution in [0.15, 0.2) is 158 Å². The van der Waals surface area contributed by atoms with Gasteiger partial charge >= 0.3 is 0 Å². The van der Waals surface area contributed by atoms with Crippen molar-refractivity contribution < 1.29 is 0 Å². The van der Waals surface area contributed by atoms with Gasteiger partial charge in [-0.3, -0.25) is 0 Å². The average molecular weight is 1090 g/mol. The molecule has 1 aliphatic heterocycles. The molecule has 0 amide bonds. The summed E-state index contributed by atoms with van der Waals surface area (Å²) in [6, 6.07) is 60.5. The molecule has 8 aromatic carbocycles. The highest BCUT2D eigenvalue weighted by atomic mass is 35.5. The molecule has 0 spiro atoms. The standard InChI is InChI=1S/C76H85ClN4/c1-70(2,3)48-28-34-62-56(40-48)57-41-50(72(7,8)9)43-67-69(57)81(62)64-42-49(71(4,5)6)29-35-63(64)80(67)66-47-55(78(51-24-20-18-21-25-51)52-26-22-19-23-27-52)46-65(68(66)77)79(53-30-32-58-60(44-53)75(14,15)38-36-73(58,10)11)54-31-33-59-61(45-54)76(16,17)39-37-74(59,12)13/h18-35,40-47H,36-39H2,1-17H3. The van der Waals surface area contributed by atoms with E-state index >= 15 is 0 Å². The number of halogens is 1. The van der Waals surface area contributed by atoms with Crippen molar-refractivity contribution in [2.24, 2.45) is 0 Å². The fraction of sp³-hybridized carbons (Fsp3) is 0.368. The first-order chi connectivity index (χ1) is 37.9. The molecule has 5 heteroatoms. The number of hydrogen-bond acceptors (Lipinski definition) is 3. The summed E-state index contributed by atoms with van der Waals surface area (Å²) in [7, 11) is 0. The highest BCUT2D eigenvalue weighted by Crippen LogP contribution is 2.58. The van der Waals surface area contributed by atoms with Crippen LogP contribution in [0.1, 0.15) is 182 Å². The van der Waals surface area contributed by atoms with Gasteiger partial charge in [0.2, 0.25) is 0 Å². The molecular formula is C76H85ClN4. The molecule has 0 radical (unpaired) electrons. The number of para-hydroxylation sites is 2. The second-order valence-electron chi connectivity index (χ2n) is 29.9. The molecule has 0 saturated carbocycles. The lowest BCUT2D eigenvalue weighted by atomic mass is 9.63. The van der Waals surface area contributed by atoms with Gasteiger partial charge < -0.3 is 19.3 Å². The molecule has 0 saturated heterocycles. The smallest absolute Gasteiger partial charge is 0.0888 e. The Bertz CT molecular complexity index is 3840. The summed E-state index contributed by atoms with van der Waals surface area (Å²) in [4.78, 5) is 7.46. The molecule has 9 aromatic rings. The quantitative estimate of drug-likeness (QED) is 0.158. The van der Waals surface area contributed by atoms with Crippen LogP contribution < -0.4 is 14.7 Å². The van der Waals surface area contributed by atoms with Gasteiger partial charge in [-0.1, -0.05) is 190 Å². The SMILES string of the molecule is CC(C)(C)c1ccc2c(c1)-n1c3ccc(C(C)(C)C)cc3c3cc(C(C)(C)C)cc(c31)N2c1cc(N(c2ccccc2)c2ccccc2)cc(N(c2ccc3c(c2)C(C)(C)CCC3(C)C)c2ccc3c(c2)C(C)(C)CCC3(C)C)c1Cl. The first-order valence-corrected chi connectivity index (χ1v) is 30.2. The predicted molar refractivity (Wildman–Crippen MR) is 350 cm³/mol. The van der Waals surface area contributed by atoms with E-state index in [1.807, 2.05) is 0 Å². The van der Waals surface area contributed by atoms with Gasteiger partial charge in [0.15, 0.2) is 0 Å². The van der Waals surface area contributed by atoms with Crippen LogP contribution in [-0.4, -0.2) is 4.57 Å². The van der Waals surface area contributed by atoms with Crippen molar-refractivity contribution in [3.63, 3.8) is 0 Å². The van der Waals surface area contributed by atoms with Crippen molar-refractivity contribution in [1.29, 1.82) is 0 Å². The Balaban J connectivity index is 1.24. The summed E-state index contributed by atoms with van der Waals surface area (Å²) in [5, 5.41) is 3.19. The van der Waals surface area contributed by atoms with E-state index in [0.29, 0.717) is 5.02 Å². The third kappa shape index (κ3) is 9.18. The maximum atomic E-state index is 8.70. The molecule has 3 aliphatic rings. The number of nitrogens with zero attached hydrogens (tertiary/aromatic N) is 4. The predicted octanol–water partition coefficient (Wildman–Crippen LogP) is 22.8. The summed E-state index contributed by atoms with van der Waals surface area (Å²) < 4.78 is 2.57. The summed E-state index contributed by atoms with van der Waals surface area (Å²) >= 11 is 8.70. The topological polar surface area (TPSA) is 14.7 Å². The van der Waals surface area contributed by atoms with Crippen molar-refractivity contribution >= 4 is 84.6 Å². The van der Waals surface area contributed by atoms with E-state index in [4.69, 9.17) is 11.6 Å². The number of fused-ring (bicyclic) bond motifs is 7. The molecular weight excluding hydrogens is 1000 g/mol. The highest BCUT2D eigenvalue weighted by Gasteiger charge is 2.41. The van der Waals surface area contributed by atoms with Crippen LogP contribution in [0.25, 0.3) is 27.5 Å². The first kappa shape index (κ1) is 54.8. The third-order valence-corrected chi connectivity index (χ3v) is 19.5. The second-order valence-corrected chi connectivity index (χ2v) is 30.3. The normalized spacial score (nSPS) is 16.9. The van der Waals surface area contributed by atoms with Crippen LogP contribution in [0, 0.1) is 0 Å². The maximum Gasteiger partial charge on any atom is 0.0888 e. The molecule has 2 heterocycles. The largest absolute Gasteiger partial charge is 0.310 e. The van der Waals surface area contributed by atoms with Crippen LogP contribution in [0.3, 0.4) is 0 Å². The lowest BCUT2D eigenvalue weighted by Gasteiger charge is -2.43. The van der Waals surface area contributed by atoms with E-state index in [9.17, 15) is 0 Å². The molecule has 0 N–H and O–H groups in total. The average Bonchev–Trinajstić information content (AvgIpc) is 2.10. The zero-order chi connectivity index (χ0) is 57.7. The molecule has 0 unspecified atom stereocenters. The Labute approximate surface area is 489 Å². The zero-order valence-corrected chi connectivity index (χ0v) is 52.3. The van der Waals surface area contributed by atoms with E-state index in [-0.39, 0.29) is 37.9 Å². The van der Waals surface area contributed by atoms with Crippen LogP contribution in [-0.2, 0) is 37.9 Å². The zero-order valence-electron chi connectivity index (χ0n) is 51.5. The Morgan fingerprint density at radius 2 is 0.827 bits per heavy atom. The van der Waals surface area contributed by atoms with Gasteiger partial charge in [-0.25, -0.2) is 0 Å². The van der Waals surface area contributed by atoms with E-state index in [1.165, 1.54) is 60.8 Å². The summed E-state index contributed by atoms with van der Waals surface area (Å²) in [5.41, 5.74) is 22.2. The molecule has 1 aromatic heterocycles. The van der Waals surface area contributed by atoms with Crippen molar-refractivity contribution in [3.8, 4) is 5.69 Å². The molecule has 2 aliphatic carbocycles. The lowest BCUT2D eigenvalue weighted by molar-refractivity contribution is 0.332. The number of hydrogen-bond donors (Lipinski definition) is 0. The van der Waals surface area contributed by atoms with E-state index < -0.39 is 0 Å². The molecule has 81 heavy (non-hydrogen) atoms. The van der Waals surface area contributed by atoms with E-state index in [2.05, 4.69) is 295 Å². The molecule has 0 atom stereocenters. The summed E-state index contributed by atoms with van der Waals surface area (Å²) in [6.07, 6.45) is 4.52. The summed E-state index contributed by atoms with van der Waals surface area (Å²) in [5.74, 6) is 0.